The molecule has 0 saturated heterocycles. The number of aromatic amines is 1. The predicted molar refractivity (Wildman–Crippen MR) is 73.7 cm³/mol. The molecule has 1 heterocycles. The average Bonchev–Trinajstić information content (AvgIpc) is 2.97. The standard InChI is InChI=1S/C13H14N4O4/c18-8-10(6-9-4-2-1-3-5-9)15-13(19)12-11(17(20)21)7-14-16-12/h1-5,7,10,18H,6,8H2,(H,14,16)(H,15,19)/t10-/m1/s1. The summed E-state index contributed by atoms with van der Waals surface area (Å²) in [5.74, 6) is -0.672. The highest BCUT2D eigenvalue weighted by atomic mass is 16.6. The van der Waals surface area contributed by atoms with E-state index in [-0.39, 0.29) is 12.3 Å². The number of nitrogens with zero attached hydrogens (tertiary/aromatic N) is 2. The van der Waals surface area contributed by atoms with E-state index in [0.717, 1.165) is 11.8 Å². The van der Waals surface area contributed by atoms with Gasteiger partial charge in [0.2, 0.25) is 5.69 Å². The fourth-order valence-electron chi connectivity index (χ4n) is 1.90. The molecule has 2 rings (SSSR count). The van der Waals surface area contributed by atoms with Gasteiger partial charge in [0.1, 0.15) is 6.20 Å². The Bertz CT molecular complexity index is 626. The highest BCUT2D eigenvalue weighted by Gasteiger charge is 2.24. The van der Waals surface area contributed by atoms with E-state index in [2.05, 4.69) is 15.5 Å². The Balaban J connectivity index is 2.06. The molecule has 1 aromatic heterocycles. The van der Waals surface area contributed by atoms with Crippen molar-refractivity contribution in [2.75, 3.05) is 6.61 Å². The van der Waals surface area contributed by atoms with Crippen molar-refractivity contribution >= 4 is 11.6 Å². The number of aromatic nitrogens is 2. The van der Waals surface area contributed by atoms with Crippen LogP contribution in [0.2, 0.25) is 0 Å². The summed E-state index contributed by atoms with van der Waals surface area (Å²) in [4.78, 5) is 22.1. The maximum atomic E-state index is 12.0. The van der Waals surface area contributed by atoms with Crippen molar-refractivity contribution in [2.24, 2.45) is 0 Å². The fraction of sp³-hybridized carbons (Fsp3) is 0.231. The SMILES string of the molecule is O=C(N[C@@H](CO)Cc1ccccc1)c1[nH]ncc1[N+](=O)[O-]. The van der Waals surface area contributed by atoms with E-state index in [4.69, 9.17) is 0 Å². The van der Waals surface area contributed by atoms with Crippen LogP contribution in [0.3, 0.4) is 0 Å². The number of amides is 1. The molecule has 0 aliphatic rings. The number of nitrogens with one attached hydrogen (secondary N) is 2. The Morgan fingerprint density at radius 1 is 1.43 bits per heavy atom. The molecule has 0 radical (unpaired) electrons. The third-order valence-corrected chi connectivity index (χ3v) is 2.92. The number of carbonyl (C=O) groups is 1. The summed E-state index contributed by atoms with van der Waals surface area (Å²) in [5.41, 5.74) is 0.311. The molecule has 2 aromatic rings. The van der Waals surface area contributed by atoms with Crippen molar-refractivity contribution < 1.29 is 14.8 Å². The van der Waals surface area contributed by atoms with Crippen LogP contribution >= 0.6 is 0 Å². The van der Waals surface area contributed by atoms with Crippen LogP contribution in [-0.4, -0.2) is 38.8 Å². The summed E-state index contributed by atoms with van der Waals surface area (Å²) in [6, 6.07) is 8.77. The van der Waals surface area contributed by atoms with Gasteiger partial charge in [0, 0.05) is 0 Å². The van der Waals surface area contributed by atoms with Crippen LogP contribution in [0.15, 0.2) is 36.5 Å². The van der Waals surface area contributed by atoms with Crippen molar-refractivity contribution in [2.45, 2.75) is 12.5 Å². The molecule has 0 bridgehead atoms. The largest absolute Gasteiger partial charge is 0.394 e. The molecule has 110 valence electrons. The van der Waals surface area contributed by atoms with Crippen molar-refractivity contribution in [1.82, 2.24) is 15.5 Å². The van der Waals surface area contributed by atoms with E-state index in [0.29, 0.717) is 6.42 Å². The molecule has 8 nitrogen and oxygen atoms in total. The van der Waals surface area contributed by atoms with Gasteiger partial charge in [0.05, 0.1) is 17.6 Å². The molecule has 0 saturated carbocycles. The van der Waals surface area contributed by atoms with Gasteiger partial charge in [-0.2, -0.15) is 5.10 Å². The van der Waals surface area contributed by atoms with Crippen LogP contribution in [0.25, 0.3) is 0 Å². The van der Waals surface area contributed by atoms with Crippen molar-refractivity contribution in [3.63, 3.8) is 0 Å². The summed E-state index contributed by atoms with van der Waals surface area (Å²) >= 11 is 0. The zero-order valence-electron chi connectivity index (χ0n) is 11.0. The molecule has 1 aromatic carbocycles. The maximum Gasteiger partial charge on any atom is 0.319 e. The van der Waals surface area contributed by atoms with E-state index in [9.17, 15) is 20.0 Å². The number of rotatable bonds is 6. The highest BCUT2D eigenvalue weighted by molar-refractivity contribution is 5.96. The van der Waals surface area contributed by atoms with E-state index in [1.165, 1.54) is 0 Å². The van der Waals surface area contributed by atoms with Crippen LogP contribution in [0, 0.1) is 10.1 Å². The lowest BCUT2D eigenvalue weighted by molar-refractivity contribution is -0.385. The minimum absolute atomic E-state index is 0.230. The zero-order valence-corrected chi connectivity index (χ0v) is 11.0. The minimum Gasteiger partial charge on any atom is -0.394 e. The second kappa shape index (κ2) is 6.62. The van der Waals surface area contributed by atoms with Gasteiger partial charge in [-0.15, -0.1) is 0 Å². The summed E-state index contributed by atoms with van der Waals surface area (Å²) in [5, 5.41) is 28.4. The Hall–Kier alpha value is -2.74. The molecule has 0 unspecified atom stereocenters. The van der Waals surface area contributed by atoms with Gasteiger partial charge in [-0.3, -0.25) is 20.0 Å². The van der Waals surface area contributed by atoms with E-state index in [1.54, 1.807) is 0 Å². The van der Waals surface area contributed by atoms with Crippen LogP contribution in [0.5, 0.6) is 0 Å². The molecule has 0 aliphatic heterocycles. The number of aliphatic hydroxyl groups excluding tert-OH is 1. The number of benzene rings is 1. The second-order valence-electron chi connectivity index (χ2n) is 4.43. The van der Waals surface area contributed by atoms with Gasteiger partial charge in [0.15, 0.2) is 0 Å². The van der Waals surface area contributed by atoms with E-state index < -0.39 is 22.6 Å². The average molecular weight is 290 g/mol. The first-order chi connectivity index (χ1) is 10.1. The van der Waals surface area contributed by atoms with Gasteiger partial charge in [-0.25, -0.2) is 0 Å². The number of H-pyrrole nitrogens is 1. The first-order valence-corrected chi connectivity index (χ1v) is 6.25. The lowest BCUT2D eigenvalue weighted by Crippen LogP contribution is -2.39. The Morgan fingerprint density at radius 2 is 2.14 bits per heavy atom. The molecule has 3 N–H and O–H groups in total. The van der Waals surface area contributed by atoms with Crippen LogP contribution < -0.4 is 5.32 Å². The van der Waals surface area contributed by atoms with Crippen LogP contribution in [0.4, 0.5) is 5.69 Å². The number of hydrogen-bond donors (Lipinski definition) is 3. The molecule has 1 amide bonds. The lowest BCUT2D eigenvalue weighted by Gasteiger charge is -2.15. The minimum atomic E-state index is -0.691. The molecular weight excluding hydrogens is 276 g/mol. The smallest absolute Gasteiger partial charge is 0.319 e. The summed E-state index contributed by atoms with van der Waals surface area (Å²) < 4.78 is 0. The van der Waals surface area contributed by atoms with Crippen molar-refractivity contribution in [1.29, 1.82) is 0 Å². The molecule has 0 aliphatic carbocycles. The topological polar surface area (TPSA) is 121 Å². The summed E-state index contributed by atoms with van der Waals surface area (Å²) in [6.07, 6.45) is 1.39. The van der Waals surface area contributed by atoms with Gasteiger partial charge >= 0.3 is 5.69 Å². The second-order valence-corrected chi connectivity index (χ2v) is 4.43. The molecule has 0 spiro atoms. The third kappa shape index (κ3) is 3.63. The maximum absolute atomic E-state index is 12.0. The quantitative estimate of drug-likeness (QED) is 0.532. The van der Waals surface area contributed by atoms with Crippen molar-refractivity contribution in [3.05, 3.63) is 57.9 Å². The van der Waals surface area contributed by atoms with Gasteiger partial charge < -0.3 is 10.4 Å². The Labute approximate surface area is 120 Å². The van der Waals surface area contributed by atoms with Crippen LogP contribution in [0.1, 0.15) is 16.1 Å². The third-order valence-electron chi connectivity index (χ3n) is 2.92. The van der Waals surface area contributed by atoms with Gasteiger partial charge in [-0.1, -0.05) is 30.3 Å². The van der Waals surface area contributed by atoms with E-state index in [1.807, 2.05) is 30.3 Å². The van der Waals surface area contributed by atoms with Gasteiger partial charge in [-0.05, 0) is 12.0 Å². The van der Waals surface area contributed by atoms with Gasteiger partial charge in [0.25, 0.3) is 5.91 Å². The fourth-order valence-corrected chi connectivity index (χ4v) is 1.90. The normalized spacial score (nSPS) is 11.9. The molecular formula is C13H14N4O4. The Kier molecular flexibility index (Phi) is 4.62. The molecule has 1 atom stereocenters. The van der Waals surface area contributed by atoms with Crippen LogP contribution in [-0.2, 0) is 6.42 Å². The summed E-state index contributed by atoms with van der Waals surface area (Å²) in [7, 11) is 0. The molecule has 8 heteroatoms. The first-order valence-electron chi connectivity index (χ1n) is 6.25. The monoisotopic (exact) mass is 290 g/mol. The molecule has 21 heavy (non-hydrogen) atoms. The number of aliphatic hydroxyl groups is 1. The highest BCUT2D eigenvalue weighted by Crippen LogP contribution is 2.14. The number of carbonyl (C=O) groups excluding carboxylic acids is 1. The number of hydrogen-bond acceptors (Lipinski definition) is 5. The van der Waals surface area contributed by atoms with Crippen molar-refractivity contribution in [3.8, 4) is 0 Å². The molecule has 0 fully saturated rings. The lowest BCUT2D eigenvalue weighted by atomic mass is 10.1. The summed E-state index contributed by atoms with van der Waals surface area (Å²) in [6.45, 7) is -0.275. The Morgan fingerprint density at radius 3 is 2.76 bits per heavy atom. The van der Waals surface area contributed by atoms with E-state index >= 15 is 0 Å². The predicted octanol–water partition coefficient (Wildman–Crippen LogP) is 0.651. The zero-order chi connectivity index (χ0) is 15.2. The number of nitro groups is 1. The first kappa shape index (κ1) is 14.7.